The molecule has 0 aliphatic heterocycles. The second-order valence-electron chi connectivity index (χ2n) is 5.70. The molecule has 1 N–H and O–H groups in total. The lowest BCUT2D eigenvalue weighted by Crippen LogP contribution is -2.19. The van der Waals surface area contributed by atoms with Crippen LogP contribution < -0.4 is 5.32 Å². The van der Waals surface area contributed by atoms with E-state index in [0.717, 1.165) is 43.3 Å². The molecule has 0 saturated heterocycles. The SMILES string of the molecule is CCc1nc(CC)n(Cc2occc2CNCC(C)C)n1. The summed E-state index contributed by atoms with van der Waals surface area (Å²) in [7, 11) is 0. The van der Waals surface area contributed by atoms with Crippen molar-refractivity contribution in [2.45, 2.75) is 53.6 Å². The Bertz CT molecular complexity index is 556. The number of furan rings is 1. The van der Waals surface area contributed by atoms with E-state index in [2.05, 4.69) is 43.1 Å². The molecule has 0 aromatic carbocycles. The van der Waals surface area contributed by atoms with Crippen LogP contribution in [0.2, 0.25) is 0 Å². The van der Waals surface area contributed by atoms with Crippen molar-refractivity contribution in [1.29, 1.82) is 0 Å². The van der Waals surface area contributed by atoms with E-state index in [9.17, 15) is 0 Å². The Kier molecular flexibility index (Phi) is 5.56. The topological polar surface area (TPSA) is 55.9 Å². The average molecular weight is 290 g/mol. The molecule has 2 aromatic rings. The van der Waals surface area contributed by atoms with Gasteiger partial charge in [-0.2, -0.15) is 5.10 Å². The van der Waals surface area contributed by atoms with Gasteiger partial charge in [0.25, 0.3) is 0 Å². The normalized spacial score (nSPS) is 11.5. The highest BCUT2D eigenvalue weighted by Crippen LogP contribution is 2.13. The summed E-state index contributed by atoms with van der Waals surface area (Å²) in [4.78, 5) is 4.54. The molecule has 0 radical (unpaired) electrons. The predicted octanol–water partition coefficient (Wildman–Crippen LogP) is 2.79. The second-order valence-corrected chi connectivity index (χ2v) is 5.70. The Balaban J connectivity index is 2.06. The van der Waals surface area contributed by atoms with Crippen molar-refractivity contribution in [2.75, 3.05) is 6.54 Å². The fraction of sp³-hybridized carbons (Fsp3) is 0.625. The molecule has 0 atom stereocenters. The molecular formula is C16H26N4O. The molecule has 2 heterocycles. The summed E-state index contributed by atoms with van der Waals surface area (Å²) in [6, 6.07) is 2.03. The molecule has 21 heavy (non-hydrogen) atoms. The monoisotopic (exact) mass is 290 g/mol. The molecule has 5 nitrogen and oxygen atoms in total. The van der Waals surface area contributed by atoms with Crippen molar-refractivity contribution in [3.05, 3.63) is 35.3 Å². The van der Waals surface area contributed by atoms with Gasteiger partial charge in [-0.25, -0.2) is 9.67 Å². The number of rotatable bonds is 8. The minimum absolute atomic E-state index is 0.648. The van der Waals surface area contributed by atoms with E-state index >= 15 is 0 Å². The van der Waals surface area contributed by atoms with Crippen LogP contribution in [0.15, 0.2) is 16.7 Å². The largest absolute Gasteiger partial charge is 0.467 e. The zero-order chi connectivity index (χ0) is 15.2. The minimum atomic E-state index is 0.648. The lowest BCUT2D eigenvalue weighted by atomic mass is 10.2. The van der Waals surface area contributed by atoms with Gasteiger partial charge in [0.05, 0.1) is 6.26 Å². The van der Waals surface area contributed by atoms with Gasteiger partial charge in [-0.05, 0) is 18.5 Å². The van der Waals surface area contributed by atoms with Crippen LogP contribution in [-0.4, -0.2) is 21.3 Å². The number of nitrogens with one attached hydrogen (secondary N) is 1. The van der Waals surface area contributed by atoms with E-state index in [0.29, 0.717) is 12.5 Å². The van der Waals surface area contributed by atoms with Gasteiger partial charge in [0.2, 0.25) is 0 Å². The molecule has 0 aliphatic rings. The first-order valence-corrected chi connectivity index (χ1v) is 7.82. The van der Waals surface area contributed by atoms with Crippen LogP contribution in [-0.2, 0) is 25.9 Å². The van der Waals surface area contributed by atoms with Crippen molar-refractivity contribution in [1.82, 2.24) is 20.1 Å². The summed E-state index contributed by atoms with van der Waals surface area (Å²) in [5.74, 6) is 3.53. The Morgan fingerprint density at radius 1 is 1.29 bits per heavy atom. The summed E-state index contributed by atoms with van der Waals surface area (Å²) in [6.07, 6.45) is 3.50. The van der Waals surface area contributed by atoms with E-state index in [-0.39, 0.29) is 0 Å². The minimum Gasteiger partial charge on any atom is -0.467 e. The Morgan fingerprint density at radius 2 is 2.10 bits per heavy atom. The maximum atomic E-state index is 5.64. The lowest BCUT2D eigenvalue weighted by Gasteiger charge is -2.08. The summed E-state index contributed by atoms with van der Waals surface area (Å²) < 4.78 is 7.60. The number of aryl methyl sites for hydroxylation is 2. The van der Waals surface area contributed by atoms with Crippen molar-refractivity contribution in [3.63, 3.8) is 0 Å². The molecule has 0 spiro atoms. The quantitative estimate of drug-likeness (QED) is 0.812. The molecule has 2 aromatic heterocycles. The molecule has 0 amide bonds. The highest BCUT2D eigenvalue weighted by molar-refractivity contribution is 5.17. The molecule has 116 valence electrons. The van der Waals surface area contributed by atoms with Crippen LogP contribution in [0.5, 0.6) is 0 Å². The third kappa shape index (κ3) is 4.17. The standard InChI is InChI=1S/C16H26N4O/c1-5-15-18-16(6-2)20(19-15)11-14-13(7-8-21-14)10-17-9-12(3)4/h7-8,12,17H,5-6,9-11H2,1-4H3. The van der Waals surface area contributed by atoms with E-state index in [1.165, 1.54) is 5.56 Å². The third-order valence-electron chi connectivity index (χ3n) is 3.42. The van der Waals surface area contributed by atoms with E-state index in [1.807, 2.05) is 10.7 Å². The molecule has 0 saturated carbocycles. The Morgan fingerprint density at radius 3 is 2.76 bits per heavy atom. The van der Waals surface area contributed by atoms with Crippen molar-refractivity contribution >= 4 is 0 Å². The van der Waals surface area contributed by atoms with E-state index < -0.39 is 0 Å². The van der Waals surface area contributed by atoms with Crippen LogP contribution >= 0.6 is 0 Å². The highest BCUT2D eigenvalue weighted by atomic mass is 16.3. The van der Waals surface area contributed by atoms with Gasteiger partial charge < -0.3 is 9.73 Å². The number of hydrogen-bond donors (Lipinski definition) is 1. The average Bonchev–Trinajstić information content (AvgIpc) is 3.06. The fourth-order valence-electron chi connectivity index (χ4n) is 2.26. The maximum absolute atomic E-state index is 5.64. The second kappa shape index (κ2) is 7.41. The van der Waals surface area contributed by atoms with Crippen molar-refractivity contribution in [3.8, 4) is 0 Å². The van der Waals surface area contributed by atoms with Crippen LogP contribution in [0.3, 0.4) is 0 Å². The summed E-state index contributed by atoms with van der Waals surface area (Å²) >= 11 is 0. The first kappa shape index (κ1) is 15.8. The van der Waals surface area contributed by atoms with Crippen molar-refractivity contribution in [2.24, 2.45) is 5.92 Å². The van der Waals surface area contributed by atoms with Gasteiger partial charge in [-0.15, -0.1) is 0 Å². The zero-order valence-electron chi connectivity index (χ0n) is 13.5. The van der Waals surface area contributed by atoms with Crippen molar-refractivity contribution < 1.29 is 4.42 Å². The molecule has 0 bridgehead atoms. The molecular weight excluding hydrogens is 264 g/mol. The van der Waals surface area contributed by atoms with E-state index in [4.69, 9.17) is 4.42 Å². The molecule has 0 aliphatic carbocycles. The maximum Gasteiger partial charge on any atom is 0.150 e. The lowest BCUT2D eigenvalue weighted by molar-refractivity contribution is 0.463. The summed E-state index contributed by atoms with van der Waals surface area (Å²) in [5, 5.41) is 8.00. The van der Waals surface area contributed by atoms with Gasteiger partial charge in [0.1, 0.15) is 18.1 Å². The van der Waals surface area contributed by atoms with Gasteiger partial charge in [0, 0.05) is 24.9 Å². The molecule has 2 rings (SSSR count). The fourth-order valence-corrected chi connectivity index (χ4v) is 2.26. The summed E-state index contributed by atoms with van der Waals surface area (Å²) in [5.41, 5.74) is 1.20. The van der Waals surface area contributed by atoms with E-state index in [1.54, 1.807) is 6.26 Å². The Hall–Kier alpha value is -1.62. The predicted molar refractivity (Wildman–Crippen MR) is 83.1 cm³/mol. The van der Waals surface area contributed by atoms with Gasteiger partial charge in [0.15, 0.2) is 5.82 Å². The highest BCUT2D eigenvalue weighted by Gasteiger charge is 2.12. The van der Waals surface area contributed by atoms with Crippen LogP contribution in [0, 0.1) is 5.92 Å². The zero-order valence-corrected chi connectivity index (χ0v) is 13.5. The number of hydrogen-bond acceptors (Lipinski definition) is 4. The number of aromatic nitrogens is 3. The first-order valence-electron chi connectivity index (χ1n) is 7.82. The van der Waals surface area contributed by atoms with Crippen LogP contribution in [0.4, 0.5) is 0 Å². The first-order chi connectivity index (χ1) is 10.1. The van der Waals surface area contributed by atoms with Crippen LogP contribution in [0.25, 0.3) is 0 Å². The van der Waals surface area contributed by atoms with Gasteiger partial charge >= 0.3 is 0 Å². The third-order valence-corrected chi connectivity index (χ3v) is 3.42. The van der Waals surface area contributed by atoms with Gasteiger partial charge in [-0.3, -0.25) is 0 Å². The molecule has 5 heteroatoms. The summed E-state index contributed by atoms with van der Waals surface area (Å²) in [6.45, 7) is 11.1. The molecule has 0 unspecified atom stereocenters. The smallest absolute Gasteiger partial charge is 0.150 e. The Labute approximate surface area is 126 Å². The molecule has 0 fully saturated rings. The van der Waals surface area contributed by atoms with Crippen LogP contribution in [0.1, 0.15) is 50.7 Å². The van der Waals surface area contributed by atoms with Gasteiger partial charge in [-0.1, -0.05) is 27.7 Å². The number of nitrogens with zero attached hydrogens (tertiary/aromatic N) is 3.